The highest BCUT2D eigenvalue weighted by Gasteiger charge is 2.07. The number of ether oxygens (including phenoxy) is 1. The lowest BCUT2D eigenvalue weighted by Gasteiger charge is -2.18. The summed E-state index contributed by atoms with van der Waals surface area (Å²) in [6.07, 6.45) is 5.32. The molecule has 0 spiro atoms. The number of pyridine rings is 1. The molecule has 0 saturated heterocycles. The van der Waals surface area contributed by atoms with E-state index in [9.17, 15) is 4.79 Å². The van der Waals surface area contributed by atoms with Crippen LogP contribution < -0.4 is 10.1 Å². The SMILES string of the molecule is CCc1cccc(OCCNC(=O)N(C)CCc2ccncc2)c1. The lowest BCUT2D eigenvalue weighted by Crippen LogP contribution is -2.40. The molecule has 0 bridgehead atoms. The van der Waals surface area contributed by atoms with Crippen LogP contribution in [0.1, 0.15) is 18.1 Å². The molecule has 0 radical (unpaired) electrons. The third kappa shape index (κ3) is 5.91. The topological polar surface area (TPSA) is 54.5 Å². The molecule has 0 fully saturated rings. The zero-order valence-corrected chi connectivity index (χ0v) is 14.4. The number of hydrogen-bond acceptors (Lipinski definition) is 3. The number of aryl methyl sites for hydroxylation is 1. The Morgan fingerprint density at radius 3 is 2.75 bits per heavy atom. The summed E-state index contributed by atoms with van der Waals surface area (Å²) in [5.41, 5.74) is 2.41. The highest BCUT2D eigenvalue weighted by molar-refractivity contribution is 5.73. The van der Waals surface area contributed by atoms with E-state index in [1.807, 2.05) is 30.3 Å². The van der Waals surface area contributed by atoms with E-state index in [0.29, 0.717) is 19.7 Å². The van der Waals surface area contributed by atoms with Gasteiger partial charge in [0.05, 0.1) is 6.54 Å². The number of amides is 2. The molecule has 24 heavy (non-hydrogen) atoms. The van der Waals surface area contributed by atoms with Crippen LogP contribution in [0.5, 0.6) is 5.75 Å². The Bertz CT molecular complexity index is 632. The summed E-state index contributed by atoms with van der Waals surface area (Å²) < 4.78 is 5.67. The Kier molecular flexibility index (Phi) is 7.08. The lowest BCUT2D eigenvalue weighted by molar-refractivity contribution is 0.206. The van der Waals surface area contributed by atoms with Crippen molar-refractivity contribution in [3.63, 3.8) is 0 Å². The Hall–Kier alpha value is -2.56. The first-order valence-corrected chi connectivity index (χ1v) is 8.28. The van der Waals surface area contributed by atoms with Crippen LogP contribution in [0.15, 0.2) is 48.8 Å². The van der Waals surface area contributed by atoms with Crippen molar-refractivity contribution in [3.05, 3.63) is 59.9 Å². The number of nitrogens with one attached hydrogen (secondary N) is 1. The van der Waals surface area contributed by atoms with Gasteiger partial charge in [-0.3, -0.25) is 4.98 Å². The molecule has 5 nitrogen and oxygen atoms in total. The van der Waals surface area contributed by atoms with Crippen LogP contribution in [0.3, 0.4) is 0 Å². The van der Waals surface area contributed by atoms with Crippen LogP contribution in [0.4, 0.5) is 4.79 Å². The van der Waals surface area contributed by atoms with Gasteiger partial charge in [0.2, 0.25) is 0 Å². The fraction of sp³-hybridized carbons (Fsp3) is 0.368. The second kappa shape index (κ2) is 9.55. The quantitative estimate of drug-likeness (QED) is 0.759. The molecular formula is C19H25N3O2. The molecule has 0 aliphatic heterocycles. The van der Waals surface area contributed by atoms with Crippen LogP contribution in [0.25, 0.3) is 0 Å². The molecular weight excluding hydrogens is 302 g/mol. The molecule has 0 unspecified atom stereocenters. The Balaban J connectivity index is 1.65. The summed E-state index contributed by atoms with van der Waals surface area (Å²) in [6, 6.07) is 11.9. The number of urea groups is 1. The molecule has 5 heteroatoms. The maximum absolute atomic E-state index is 12.0. The third-order valence-corrected chi connectivity index (χ3v) is 3.79. The number of benzene rings is 1. The van der Waals surface area contributed by atoms with Crippen molar-refractivity contribution in [1.29, 1.82) is 0 Å². The van der Waals surface area contributed by atoms with Crippen molar-refractivity contribution >= 4 is 6.03 Å². The minimum absolute atomic E-state index is 0.0880. The standard InChI is InChI=1S/C19H25N3O2/c1-3-16-5-4-6-18(15-16)24-14-12-21-19(23)22(2)13-9-17-7-10-20-11-8-17/h4-8,10-11,15H,3,9,12-14H2,1-2H3,(H,21,23). The number of carbonyl (C=O) groups is 1. The zero-order valence-electron chi connectivity index (χ0n) is 14.4. The van der Waals surface area contributed by atoms with Crippen LogP contribution >= 0.6 is 0 Å². The van der Waals surface area contributed by atoms with E-state index in [1.165, 1.54) is 11.1 Å². The van der Waals surface area contributed by atoms with E-state index in [2.05, 4.69) is 23.3 Å². The van der Waals surface area contributed by atoms with Gasteiger partial charge in [-0.25, -0.2) is 4.79 Å². The molecule has 0 aliphatic carbocycles. The summed E-state index contributed by atoms with van der Waals surface area (Å²) >= 11 is 0. The van der Waals surface area contributed by atoms with Gasteiger partial charge in [-0.1, -0.05) is 19.1 Å². The Morgan fingerprint density at radius 1 is 1.21 bits per heavy atom. The molecule has 2 rings (SSSR count). The van der Waals surface area contributed by atoms with Crippen molar-refractivity contribution in [2.45, 2.75) is 19.8 Å². The maximum Gasteiger partial charge on any atom is 0.317 e. The zero-order chi connectivity index (χ0) is 17.2. The van der Waals surface area contributed by atoms with E-state index in [-0.39, 0.29) is 6.03 Å². The predicted molar refractivity (Wildman–Crippen MR) is 95.3 cm³/mol. The molecule has 1 aromatic heterocycles. The summed E-state index contributed by atoms with van der Waals surface area (Å²) in [6.45, 7) is 3.71. The highest BCUT2D eigenvalue weighted by atomic mass is 16.5. The average molecular weight is 327 g/mol. The molecule has 2 amide bonds. The van der Waals surface area contributed by atoms with Crippen LogP contribution in [0, 0.1) is 0 Å². The summed E-state index contributed by atoms with van der Waals surface area (Å²) in [5, 5.41) is 2.87. The molecule has 0 aliphatic rings. The Morgan fingerprint density at radius 2 is 2.00 bits per heavy atom. The smallest absolute Gasteiger partial charge is 0.317 e. The highest BCUT2D eigenvalue weighted by Crippen LogP contribution is 2.13. The molecule has 1 heterocycles. The maximum atomic E-state index is 12.0. The van der Waals surface area contributed by atoms with Gasteiger partial charge in [0.15, 0.2) is 0 Å². The summed E-state index contributed by atoms with van der Waals surface area (Å²) in [4.78, 5) is 17.7. The number of likely N-dealkylation sites (N-methyl/N-ethyl adjacent to an activating group) is 1. The van der Waals surface area contributed by atoms with Gasteiger partial charge in [0.1, 0.15) is 12.4 Å². The largest absolute Gasteiger partial charge is 0.492 e. The van der Waals surface area contributed by atoms with Crippen LogP contribution in [-0.2, 0) is 12.8 Å². The van der Waals surface area contributed by atoms with Crippen molar-refractivity contribution in [2.75, 3.05) is 26.7 Å². The van der Waals surface area contributed by atoms with Crippen molar-refractivity contribution in [2.24, 2.45) is 0 Å². The van der Waals surface area contributed by atoms with E-state index in [4.69, 9.17) is 4.74 Å². The fourth-order valence-corrected chi connectivity index (χ4v) is 2.26. The first-order chi connectivity index (χ1) is 11.7. The van der Waals surface area contributed by atoms with Gasteiger partial charge in [-0.15, -0.1) is 0 Å². The minimum Gasteiger partial charge on any atom is -0.492 e. The van der Waals surface area contributed by atoms with E-state index in [0.717, 1.165) is 18.6 Å². The van der Waals surface area contributed by atoms with Crippen molar-refractivity contribution in [3.8, 4) is 5.75 Å². The van der Waals surface area contributed by atoms with Gasteiger partial charge < -0.3 is 15.0 Å². The number of carbonyl (C=O) groups excluding carboxylic acids is 1. The molecule has 2 aromatic rings. The van der Waals surface area contributed by atoms with Gasteiger partial charge in [-0.2, -0.15) is 0 Å². The molecule has 1 N–H and O–H groups in total. The normalized spacial score (nSPS) is 10.2. The molecule has 0 atom stereocenters. The molecule has 0 saturated carbocycles. The number of nitrogens with zero attached hydrogens (tertiary/aromatic N) is 2. The van der Waals surface area contributed by atoms with Gasteiger partial charge in [0, 0.05) is 26.0 Å². The van der Waals surface area contributed by atoms with Crippen molar-refractivity contribution < 1.29 is 9.53 Å². The van der Waals surface area contributed by atoms with Gasteiger partial charge in [-0.05, 0) is 48.2 Å². The van der Waals surface area contributed by atoms with E-state index in [1.54, 1.807) is 24.3 Å². The first kappa shape index (κ1) is 17.8. The van der Waals surface area contributed by atoms with Crippen LogP contribution in [-0.4, -0.2) is 42.7 Å². The van der Waals surface area contributed by atoms with Gasteiger partial charge in [0.25, 0.3) is 0 Å². The summed E-state index contributed by atoms with van der Waals surface area (Å²) in [7, 11) is 1.79. The minimum atomic E-state index is -0.0880. The number of hydrogen-bond donors (Lipinski definition) is 1. The van der Waals surface area contributed by atoms with E-state index < -0.39 is 0 Å². The average Bonchev–Trinajstić information content (AvgIpc) is 2.64. The molecule has 128 valence electrons. The third-order valence-electron chi connectivity index (χ3n) is 3.79. The fourth-order valence-electron chi connectivity index (χ4n) is 2.26. The Labute approximate surface area is 143 Å². The van der Waals surface area contributed by atoms with Crippen molar-refractivity contribution in [1.82, 2.24) is 15.2 Å². The second-order valence-corrected chi connectivity index (χ2v) is 5.61. The number of rotatable bonds is 8. The second-order valence-electron chi connectivity index (χ2n) is 5.61. The summed E-state index contributed by atoms with van der Waals surface area (Å²) in [5.74, 6) is 0.842. The lowest BCUT2D eigenvalue weighted by atomic mass is 10.2. The predicted octanol–water partition coefficient (Wildman–Crippen LogP) is 2.91. The first-order valence-electron chi connectivity index (χ1n) is 8.28. The van der Waals surface area contributed by atoms with E-state index >= 15 is 0 Å². The van der Waals surface area contributed by atoms with Gasteiger partial charge >= 0.3 is 6.03 Å². The number of aromatic nitrogens is 1. The molecule has 1 aromatic carbocycles. The van der Waals surface area contributed by atoms with Crippen LogP contribution in [0.2, 0.25) is 0 Å². The monoisotopic (exact) mass is 327 g/mol.